The first-order valence-corrected chi connectivity index (χ1v) is 8.58. The molecule has 3 rings (SSSR count). The number of benzene rings is 1. The van der Waals surface area contributed by atoms with E-state index in [9.17, 15) is 4.79 Å². The highest BCUT2D eigenvalue weighted by Crippen LogP contribution is 2.31. The first-order valence-electron chi connectivity index (χ1n) is 7.83. The Morgan fingerprint density at radius 2 is 2.04 bits per heavy atom. The van der Waals surface area contributed by atoms with E-state index in [1.54, 1.807) is 6.07 Å². The number of aromatic nitrogens is 2. The highest BCUT2D eigenvalue weighted by Gasteiger charge is 2.23. The number of hydrogen-bond acceptors (Lipinski definition) is 2. The summed E-state index contributed by atoms with van der Waals surface area (Å²) in [5, 5.41) is 14.5. The van der Waals surface area contributed by atoms with E-state index in [-0.39, 0.29) is 6.42 Å². The van der Waals surface area contributed by atoms with Crippen LogP contribution in [-0.4, -0.2) is 20.9 Å². The number of halogens is 2. The highest BCUT2D eigenvalue weighted by molar-refractivity contribution is 6.42. The maximum absolute atomic E-state index is 10.6. The minimum atomic E-state index is -0.739. The molecule has 0 radical (unpaired) electrons. The molecule has 0 spiro atoms. The van der Waals surface area contributed by atoms with Crippen LogP contribution in [0.25, 0.3) is 5.69 Å². The van der Waals surface area contributed by atoms with Crippen molar-refractivity contribution in [2.24, 2.45) is 0 Å². The summed E-state index contributed by atoms with van der Waals surface area (Å²) in [6.45, 7) is 0. The molecule has 1 aliphatic rings. The summed E-state index contributed by atoms with van der Waals surface area (Å²) in [5.74, 6) is -0.739. The number of nitrogens with zero attached hydrogens (tertiary/aromatic N) is 2. The van der Waals surface area contributed by atoms with Crippen molar-refractivity contribution >= 4 is 29.2 Å². The maximum atomic E-state index is 10.6. The fourth-order valence-electron chi connectivity index (χ4n) is 3.11. The third kappa shape index (κ3) is 3.54. The molecule has 1 heterocycles. The molecule has 122 valence electrons. The zero-order chi connectivity index (χ0) is 16.4. The SMILES string of the molecule is O=C(O)CCCCc1nn(-c2ccc(Cl)c(Cl)c2)c2c1CCC2. The number of unbranched alkanes of at least 4 members (excludes halogenated alkanes) is 1. The number of carboxylic acid groups (broad SMARTS) is 1. The topological polar surface area (TPSA) is 55.1 Å². The molecule has 1 aliphatic carbocycles. The zero-order valence-corrected chi connectivity index (χ0v) is 14.2. The fraction of sp³-hybridized carbons (Fsp3) is 0.412. The number of carboxylic acids is 1. The van der Waals surface area contributed by atoms with E-state index in [1.807, 2.05) is 16.8 Å². The van der Waals surface area contributed by atoms with Crippen LogP contribution in [0.5, 0.6) is 0 Å². The highest BCUT2D eigenvalue weighted by atomic mass is 35.5. The molecule has 1 aromatic heterocycles. The van der Waals surface area contributed by atoms with Gasteiger partial charge in [-0.15, -0.1) is 0 Å². The summed E-state index contributed by atoms with van der Waals surface area (Å²) < 4.78 is 1.97. The fourth-order valence-corrected chi connectivity index (χ4v) is 3.41. The number of aryl methyl sites for hydroxylation is 1. The molecule has 23 heavy (non-hydrogen) atoms. The summed E-state index contributed by atoms with van der Waals surface area (Å²) in [6.07, 6.45) is 5.76. The van der Waals surface area contributed by atoms with Crippen LogP contribution in [0.4, 0.5) is 0 Å². The summed E-state index contributed by atoms with van der Waals surface area (Å²) in [6, 6.07) is 5.55. The van der Waals surface area contributed by atoms with E-state index in [2.05, 4.69) is 0 Å². The van der Waals surface area contributed by atoms with E-state index < -0.39 is 5.97 Å². The van der Waals surface area contributed by atoms with Crippen molar-refractivity contribution < 1.29 is 9.90 Å². The van der Waals surface area contributed by atoms with Crippen LogP contribution in [0.3, 0.4) is 0 Å². The second kappa shape index (κ2) is 6.93. The Labute approximate surface area is 145 Å². The lowest BCUT2D eigenvalue weighted by atomic mass is 10.1. The first-order chi connectivity index (χ1) is 11.1. The van der Waals surface area contributed by atoms with Crippen molar-refractivity contribution in [2.45, 2.75) is 44.9 Å². The summed E-state index contributed by atoms with van der Waals surface area (Å²) in [7, 11) is 0. The molecule has 0 bridgehead atoms. The molecule has 0 atom stereocenters. The van der Waals surface area contributed by atoms with Gasteiger partial charge in [-0.25, -0.2) is 4.68 Å². The van der Waals surface area contributed by atoms with E-state index in [1.165, 1.54) is 11.3 Å². The van der Waals surface area contributed by atoms with Gasteiger partial charge in [-0.1, -0.05) is 23.2 Å². The second-order valence-corrected chi connectivity index (χ2v) is 6.65. The van der Waals surface area contributed by atoms with Crippen molar-refractivity contribution in [1.29, 1.82) is 0 Å². The largest absolute Gasteiger partial charge is 0.481 e. The quantitative estimate of drug-likeness (QED) is 0.780. The van der Waals surface area contributed by atoms with Gasteiger partial charge >= 0.3 is 5.97 Å². The van der Waals surface area contributed by atoms with Crippen LogP contribution in [0.1, 0.15) is 42.6 Å². The van der Waals surface area contributed by atoms with E-state index in [0.29, 0.717) is 16.5 Å². The Morgan fingerprint density at radius 3 is 2.78 bits per heavy atom. The first kappa shape index (κ1) is 16.3. The van der Waals surface area contributed by atoms with Gasteiger partial charge in [0, 0.05) is 12.1 Å². The molecule has 4 nitrogen and oxygen atoms in total. The minimum absolute atomic E-state index is 0.218. The zero-order valence-electron chi connectivity index (χ0n) is 12.7. The lowest BCUT2D eigenvalue weighted by Gasteiger charge is -2.06. The van der Waals surface area contributed by atoms with Crippen LogP contribution < -0.4 is 0 Å². The van der Waals surface area contributed by atoms with Crippen LogP contribution in [-0.2, 0) is 24.1 Å². The van der Waals surface area contributed by atoms with Gasteiger partial charge in [-0.3, -0.25) is 4.79 Å². The van der Waals surface area contributed by atoms with Gasteiger partial charge in [0.2, 0.25) is 0 Å². The van der Waals surface area contributed by atoms with Gasteiger partial charge in [0.25, 0.3) is 0 Å². The molecule has 0 fully saturated rings. The number of aliphatic carboxylic acids is 1. The van der Waals surface area contributed by atoms with Crippen molar-refractivity contribution in [2.75, 3.05) is 0 Å². The van der Waals surface area contributed by atoms with Gasteiger partial charge < -0.3 is 5.11 Å². The Bertz CT molecular complexity index is 740. The molecule has 1 aromatic carbocycles. The van der Waals surface area contributed by atoms with Crippen molar-refractivity contribution in [3.8, 4) is 5.69 Å². The van der Waals surface area contributed by atoms with Crippen molar-refractivity contribution in [1.82, 2.24) is 9.78 Å². The Kier molecular flexibility index (Phi) is 4.93. The molecule has 0 aliphatic heterocycles. The van der Waals surface area contributed by atoms with Gasteiger partial charge in [0.1, 0.15) is 0 Å². The van der Waals surface area contributed by atoms with Crippen LogP contribution in [0.15, 0.2) is 18.2 Å². The molecule has 0 unspecified atom stereocenters. The standard InChI is InChI=1S/C17H18Cl2N2O2/c18-13-9-8-11(10-14(13)19)21-16-6-3-4-12(16)15(20-21)5-1-2-7-17(22)23/h8-10H,1-7H2,(H,22,23). The molecule has 0 amide bonds. The van der Waals surface area contributed by atoms with Gasteiger partial charge in [0.05, 0.1) is 21.4 Å². The number of carbonyl (C=O) groups is 1. The number of rotatable bonds is 6. The van der Waals surface area contributed by atoms with Gasteiger partial charge in [0.15, 0.2) is 0 Å². The van der Waals surface area contributed by atoms with E-state index in [0.717, 1.165) is 43.5 Å². The summed E-state index contributed by atoms with van der Waals surface area (Å²) in [5.41, 5.74) is 4.59. The smallest absolute Gasteiger partial charge is 0.303 e. The molecule has 1 N–H and O–H groups in total. The third-order valence-corrected chi connectivity index (χ3v) is 4.95. The van der Waals surface area contributed by atoms with E-state index in [4.69, 9.17) is 33.4 Å². The lowest BCUT2D eigenvalue weighted by Crippen LogP contribution is -2.02. The lowest BCUT2D eigenvalue weighted by molar-refractivity contribution is -0.137. The Balaban J connectivity index is 1.83. The minimum Gasteiger partial charge on any atom is -0.481 e. The summed E-state index contributed by atoms with van der Waals surface area (Å²) >= 11 is 12.1. The van der Waals surface area contributed by atoms with Crippen molar-refractivity contribution in [3.63, 3.8) is 0 Å². The van der Waals surface area contributed by atoms with E-state index >= 15 is 0 Å². The average molecular weight is 353 g/mol. The van der Waals surface area contributed by atoms with Gasteiger partial charge in [-0.05, 0) is 62.3 Å². The Hall–Kier alpha value is -1.52. The molecule has 2 aromatic rings. The van der Waals surface area contributed by atoms with Crippen LogP contribution in [0.2, 0.25) is 10.0 Å². The monoisotopic (exact) mass is 352 g/mol. The molecular formula is C17H18Cl2N2O2. The molecule has 0 saturated heterocycles. The normalized spacial score (nSPS) is 13.3. The predicted molar refractivity (Wildman–Crippen MR) is 90.8 cm³/mol. The maximum Gasteiger partial charge on any atom is 0.303 e. The predicted octanol–water partition coefficient (Wildman–Crippen LogP) is 4.47. The number of fused-ring (bicyclic) bond motifs is 1. The Morgan fingerprint density at radius 1 is 1.22 bits per heavy atom. The molecule has 6 heteroatoms. The van der Waals surface area contributed by atoms with Gasteiger partial charge in [-0.2, -0.15) is 5.10 Å². The molecular weight excluding hydrogens is 335 g/mol. The number of hydrogen-bond donors (Lipinski definition) is 1. The van der Waals surface area contributed by atoms with Crippen LogP contribution in [0, 0.1) is 0 Å². The third-order valence-electron chi connectivity index (χ3n) is 4.22. The summed E-state index contributed by atoms with van der Waals surface area (Å²) in [4.78, 5) is 10.6. The average Bonchev–Trinajstić information content (AvgIpc) is 3.09. The second-order valence-electron chi connectivity index (χ2n) is 5.84. The van der Waals surface area contributed by atoms with Crippen LogP contribution >= 0.6 is 23.2 Å². The van der Waals surface area contributed by atoms with Crippen molar-refractivity contribution in [3.05, 3.63) is 45.2 Å². The molecule has 0 saturated carbocycles.